The van der Waals surface area contributed by atoms with Crippen LogP contribution in [-0.4, -0.2) is 66.8 Å². The number of H-pyrrole nitrogens is 1. The van der Waals surface area contributed by atoms with Crippen molar-refractivity contribution in [3.63, 3.8) is 0 Å². The molecular formula is C27H24ClN5O5. The molecule has 1 aliphatic heterocycles. The maximum absolute atomic E-state index is 10.1. The number of imidazole rings is 1. The average molecular weight is 534 g/mol. The zero-order valence-corrected chi connectivity index (χ0v) is 21.1. The Morgan fingerprint density at radius 2 is 1.68 bits per heavy atom. The van der Waals surface area contributed by atoms with Gasteiger partial charge in [0.2, 0.25) is 11.7 Å². The zero-order chi connectivity index (χ0) is 26.2. The van der Waals surface area contributed by atoms with Crippen LogP contribution in [0, 0.1) is 6.92 Å². The van der Waals surface area contributed by atoms with Crippen LogP contribution in [0.2, 0.25) is 5.02 Å². The molecule has 11 heteroatoms. The molecule has 6 rings (SSSR count). The van der Waals surface area contributed by atoms with Gasteiger partial charge in [-0.25, -0.2) is 4.98 Å². The van der Waals surface area contributed by atoms with E-state index in [4.69, 9.17) is 25.6 Å². The molecule has 3 N–H and O–H groups in total. The van der Waals surface area contributed by atoms with Gasteiger partial charge in [-0.1, -0.05) is 65.3 Å². The van der Waals surface area contributed by atoms with Crippen molar-refractivity contribution in [2.45, 2.75) is 31.7 Å². The highest BCUT2D eigenvalue weighted by atomic mass is 35.5. The van der Waals surface area contributed by atoms with Gasteiger partial charge in [0.25, 0.3) is 6.01 Å². The summed E-state index contributed by atoms with van der Waals surface area (Å²) < 4.78 is 16.4. The van der Waals surface area contributed by atoms with Gasteiger partial charge in [0, 0.05) is 24.5 Å². The highest BCUT2D eigenvalue weighted by Gasteiger charge is 2.31. The van der Waals surface area contributed by atoms with Crippen molar-refractivity contribution >= 4 is 22.8 Å². The van der Waals surface area contributed by atoms with Gasteiger partial charge in [0.05, 0.1) is 35.6 Å². The predicted molar refractivity (Wildman–Crippen MR) is 140 cm³/mol. The Bertz CT molecular complexity index is 1570. The van der Waals surface area contributed by atoms with E-state index in [1.165, 1.54) is 0 Å². The Morgan fingerprint density at radius 1 is 1.00 bits per heavy atom. The zero-order valence-electron chi connectivity index (χ0n) is 20.3. The lowest BCUT2D eigenvalue weighted by Gasteiger charge is -2.31. The van der Waals surface area contributed by atoms with Crippen molar-refractivity contribution < 1.29 is 24.2 Å². The number of ether oxygens (including phenoxy) is 2. The highest BCUT2D eigenvalue weighted by Crippen LogP contribution is 2.32. The Morgan fingerprint density at radius 3 is 2.32 bits per heavy atom. The third-order valence-electron chi connectivity index (χ3n) is 6.46. The first-order valence-corrected chi connectivity index (χ1v) is 12.5. The van der Waals surface area contributed by atoms with E-state index >= 15 is 0 Å². The number of benzene rings is 2. The van der Waals surface area contributed by atoms with Gasteiger partial charge in [-0.15, -0.1) is 0 Å². The summed E-state index contributed by atoms with van der Waals surface area (Å²) >= 11 is 6.58. The Kier molecular flexibility index (Phi) is 6.54. The Labute approximate surface area is 222 Å². The number of aliphatic hydroxyl groups excluding tert-OH is 2. The maximum Gasteiger partial charge on any atom is 0.296 e. The molecule has 3 atom stereocenters. The molecule has 0 unspecified atom stereocenters. The second kappa shape index (κ2) is 10.1. The van der Waals surface area contributed by atoms with E-state index in [1.54, 1.807) is 13.0 Å². The molecule has 0 aliphatic carbocycles. The fraction of sp³-hybridized carbons (Fsp3) is 0.259. The number of halogens is 1. The number of aromatic nitrogens is 5. The minimum absolute atomic E-state index is 0.238. The van der Waals surface area contributed by atoms with Crippen molar-refractivity contribution in [2.75, 3.05) is 13.2 Å². The van der Waals surface area contributed by atoms with E-state index in [9.17, 15) is 10.2 Å². The molecular weight excluding hydrogens is 510 g/mol. The van der Waals surface area contributed by atoms with Crippen LogP contribution in [0.5, 0.6) is 6.01 Å². The fourth-order valence-corrected chi connectivity index (χ4v) is 4.71. The van der Waals surface area contributed by atoms with Crippen molar-refractivity contribution in [3.8, 4) is 39.8 Å². The summed E-state index contributed by atoms with van der Waals surface area (Å²) in [6, 6.07) is 17.9. The first-order valence-electron chi connectivity index (χ1n) is 12.1. The van der Waals surface area contributed by atoms with E-state index < -0.39 is 18.3 Å². The fourth-order valence-electron chi connectivity index (χ4n) is 4.45. The number of aliphatic hydroxyl groups is 2. The van der Waals surface area contributed by atoms with Crippen LogP contribution < -0.4 is 4.74 Å². The van der Waals surface area contributed by atoms with Crippen molar-refractivity contribution in [1.82, 2.24) is 25.1 Å². The molecule has 1 aliphatic rings. The van der Waals surface area contributed by atoms with E-state index in [1.807, 2.05) is 48.5 Å². The van der Waals surface area contributed by atoms with Crippen LogP contribution in [0.4, 0.5) is 0 Å². The summed E-state index contributed by atoms with van der Waals surface area (Å²) in [7, 11) is 0. The first-order chi connectivity index (χ1) is 18.5. The third-order valence-corrected chi connectivity index (χ3v) is 6.74. The van der Waals surface area contributed by atoms with Crippen LogP contribution in [0.3, 0.4) is 0 Å². The molecule has 38 heavy (non-hydrogen) atoms. The first kappa shape index (κ1) is 24.5. The number of fused-ring (bicyclic) bond motifs is 1. The van der Waals surface area contributed by atoms with Crippen LogP contribution in [0.1, 0.15) is 12.3 Å². The molecule has 1 saturated heterocycles. The van der Waals surface area contributed by atoms with Gasteiger partial charge >= 0.3 is 0 Å². The number of hydrogen-bond acceptors (Lipinski definition) is 9. The molecule has 2 aromatic carbocycles. The molecule has 194 valence electrons. The van der Waals surface area contributed by atoms with Crippen LogP contribution in [-0.2, 0) is 4.74 Å². The molecule has 0 spiro atoms. The number of aryl methyl sites for hydroxylation is 1. The van der Waals surface area contributed by atoms with Gasteiger partial charge in [-0.3, -0.25) is 0 Å². The lowest BCUT2D eigenvalue weighted by atomic mass is 10.0. The van der Waals surface area contributed by atoms with Crippen LogP contribution in [0.25, 0.3) is 44.9 Å². The minimum Gasteiger partial charge on any atom is -0.459 e. The molecule has 0 radical (unpaired) electrons. The van der Waals surface area contributed by atoms with E-state index in [2.05, 4.69) is 25.1 Å². The second-order valence-corrected chi connectivity index (χ2v) is 9.53. The molecule has 5 aromatic rings. The quantitative estimate of drug-likeness (QED) is 0.293. The van der Waals surface area contributed by atoms with Crippen LogP contribution in [0.15, 0.2) is 59.1 Å². The predicted octanol–water partition coefficient (Wildman–Crippen LogP) is 4.19. The summed E-state index contributed by atoms with van der Waals surface area (Å²) in [5.74, 6) is 1.09. The summed E-state index contributed by atoms with van der Waals surface area (Å²) in [6.45, 7) is 1.76. The van der Waals surface area contributed by atoms with Gasteiger partial charge in [0.15, 0.2) is 5.65 Å². The number of hydrogen-bond donors (Lipinski definition) is 3. The van der Waals surface area contributed by atoms with Gasteiger partial charge in [-0.05, 0) is 17.2 Å². The topological polar surface area (TPSA) is 139 Å². The number of pyridine rings is 1. The number of nitrogens with one attached hydrogen (secondary N) is 1. The van der Waals surface area contributed by atoms with Crippen molar-refractivity contribution in [2.24, 2.45) is 0 Å². The smallest absolute Gasteiger partial charge is 0.296 e. The van der Waals surface area contributed by atoms with E-state index in [-0.39, 0.29) is 19.2 Å². The van der Waals surface area contributed by atoms with Gasteiger partial charge < -0.3 is 29.2 Å². The molecule has 0 saturated carbocycles. The molecule has 3 aromatic heterocycles. The van der Waals surface area contributed by atoms with E-state index in [0.29, 0.717) is 40.0 Å². The molecule has 4 heterocycles. The Balaban J connectivity index is 1.19. The summed E-state index contributed by atoms with van der Waals surface area (Å²) in [6.07, 6.45) is -1.48. The number of nitrogens with zero attached hydrogens (tertiary/aromatic N) is 4. The lowest BCUT2D eigenvalue weighted by molar-refractivity contribution is -0.131. The highest BCUT2D eigenvalue weighted by molar-refractivity contribution is 6.33. The lowest BCUT2D eigenvalue weighted by Crippen LogP contribution is -2.45. The SMILES string of the molecule is Cc1nc(-c2ccc(-c3ccc(-c4nc5nc(O[C@H]6CO[C@H](CO)[C@@H](O)C6)[nH]c5cc4Cl)cc3)cc2)no1. The summed E-state index contributed by atoms with van der Waals surface area (Å²) in [5, 5.41) is 23.7. The normalized spacial score (nSPS) is 19.6. The second-order valence-electron chi connectivity index (χ2n) is 9.12. The van der Waals surface area contributed by atoms with Gasteiger partial charge in [-0.2, -0.15) is 9.97 Å². The average Bonchev–Trinajstić information content (AvgIpc) is 3.53. The van der Waals surface area contributed by atoms with Crippen molar-refractivity contribution in [3.05, 3.63) is 65.5 Å². The molecule has 0 bridgehead atoms. The molecule has 1 fully saturated rings. The third kappa shape index (κ3) is 4.86. The Hall–Kier alpha value is -3.83. The van der Waals surface area contributed by atoms with Gasteiger partial charge in [0.1, 0.15) is 12.2 Å². The largest absolute Gasteiger partial charge is 0.459 e. The summed E-state index contributed by atoms with van der Waals surface area (Å²) in [4.78, 5) is 16.4. The minimum atomic E-state index is -0.807. The number of rotatable bonds is 6. The molecule has 0 amide bonds. The van der Waals surface area contributed by atoms with E-state index in [0.717, 1.165) is 22.3 Å². The standard InChI is InChI=1S/C27H24ClN5O5/c1-14-29-25(33-38-14)18-8-4-16(5-9-18)15-2-6-17(7-3-15)24-20(28)11-21-26(31-24)32-27(30-21)37-19-10-22(35)23(12-34)36-13-19/h2-9,11,19,22-23,34-35H,10,12-13H2,1H3,(H,30,31,32)/t19-,22+,23-/m1/s1. The monoisotopic (exact) mass is 533 g/mol. The molecule has 10 nitrogen and oxygen atoms in total. The summed E-state index contributed by atoms with van der Waals surface area (Å²) in [5.41, 5.74) is 5.52. The maximum atomic E-state index is 10.1. The van der Waals surface area contributed by atoms with Crippen molar-refractivity contribution in [1.29, 1.82) is 0 Å². The number of aromatic amines is 1. The van der Waals surface area contributed by atoms with Crippen LogP contribution >= 0.6 is 11.6 Å².